The van der Waals surface area contributed by atoms with Gasteiger partial charge < -0.3 is 5.32 Å². The number of para-hydroxylation sites is 1. The minimum Gasteiger partial charge on any atom is -0.320 e. The lowest BCUT2D eigenvalue weighted by Crippen LogP contribution is -2.13. The highest BCUT2D eigenvalue weighted by atomic mass is 79.9. The Morgan fingerprint density at radius 1 is 1.10 bits per heavy atom. The Labute approximate surface area is 135 Å². The zero-order valence-electron chi connectivity index (χ0n) is 10.8. The summed E-state index contributed by atoms with van der Waals surface area (Å²) >= 11 is 9.25. The molecule has 3 aromatic rings. The maximum atomic E-state index is 12.3. The van der Waals surface area contributed by atoms with Crippen molar-refractivity contribution in [2.24, 2.45) is 0 Å². The largest absolute Gasteiger partial charge is 0.320 e. The summed E-state index contributed by atoms with van der Waals surface area (Å²) in [6.07, 6.45) is 0. The SMILES string of the molecule is O=C(Nc1ccc(Cl)cc1Br)c1ccc2ccccc2n1. The van der Waals surface area contributed by atoms with Crippen molar-refractivity contribution >= 4 is 50.0 Å². The number of fused-ring (bicyclic) bond motifs is 1. The van der Waals surface area contributed by atoms with Crippen molar-refractivity contribution in [2.45, 2.75) is 0 Å². The van der Waals surface area contributed by atoms with E-state index in [4.69, 9.17) is 11.6 Å². The molecule has 0 saturated heterocycles. The van der Waals surface area contributed by atoms with Gasteiger partial charge in [-0.05, 0) is 46.3 Å². The zero-order valence-corrected chi connectivity index (χ0v) is 13.1. The highest BCUT2D eigenvalue weighted by molar-refractivity contribution is 9.10. The first-order chi connectivity index (χ1) is 10.1. The Morgan fingerprint density at radius 3 is 2.71 bits per heavy atom. The minimum atomic E-state index is -0.260. The summed E-state index contributed by atoms with van der Waals surface area (Å²) in [7, 11) is 0. The predicted octanol–water partition coefficient (Wildman–Crippen LogP) is 4.90. The van der Waals surface area contributed by atoms with Gasteiger partial charge in [-0.3, -0.25) is 4.79 Å². The van der Waals surface area contributed by atoms with Crippen LogP contribution in [0.3, 0.4) is 0 Å². The number of hydrogen-bond donors (Lipinski definition) is 1. The van der Waals surface area contributed by atoms with E-state index in [0.717, 1.165) is 15.4 Å². The second-order valence-corrected chi connectivity index (χ2v) is 5.76. The van der Waals surface area contributed by atoms with Gasteiger partial charge in [0.2, 0.25) is 0 Å². The lowest BCUT2D eigenvalue weighted by atomic mass is 10.2. The Bertz CT molecular complexity index is 835. The number of aromatic nitrogens is 1. The van der Waals surface area contributed by atoms with E-state index < -0.39 is 0 Å². The minimum absolute atomic E-state index is 0.260. The number of anilines is 1. The van der Waals surface area contributed by atoms with E-state index in [9.17, 15) is 4.79 Å². The van der Waals surface area contributed by atoms with Gasteiger partial charge in [0, 0.05) is 14.9 Å². The van der Waals surface area contributed by atoms with E-state index in [1.165, 1.54) is 0 Å². The van der Waals surface area contributed by atoms with Gasteiger partial charge in [-0.1, -0.05) is 35.9 Å². The molecule has 3 rings (SSSR count). The number of carbonyl (C=O) groups is 1. The molecule has 1 N–H and O–H groups in total. The van der Waals surface area contributed by atoms with E-state index in [0.29, 0.717) is 16.4 Å². The zero-order chi connectivity index (χ0) is 14.8. The van der Waals surface area contributed by atoms with Gasteiger partial charge in [-0.15, -0.1) is 0 Å². The van der Waals surface area contributed by atoms with E-state index in [1.807, 2.05) is 30.3 Å². The quantitative estimate of drug-likeness (QED) is 0.705. The second-order valence-electron chi connectivity index (χ2n) is 4.47. The Balaban J connectivity index is 1.89. The first kappa shape index (κ1) is 14.0. The molecule has 0 saturated carbocycles. The van der Waals surface area contributed by atoms with Crippen LogP contribution < -0.4 is 5.32 Å². The second kappa shape index (κ2) is 5.84. The third-order valence-corrected chi connectivity index (χ3v) is 3.90. The molecular formula is C16H10BrClN2O. The van der Waals surface area contributed by atoms with E-state index in [1.54, 1.807) is 24.3 Å². The molecule has 2 aromatic carbocycles. The molecule has 21 heavy (non-hydrogen) atoms. The molecule has 3 nitrogen and oxygen atoms in total. The standard InChI is InChI=1S/C16H10BrClN2O/c17-12-9-11(18)6-8-14(12)20-16(21)15-7-5-10-3-1-2-4-13(10)19-15/h1-9H,(H,20,21). The number of amides is 1. The van der Waals surface area contributed by atoms with Crippen LogP contribution in [0.25, 0.3) is 10.9 Å². The monoisotopic (exact) mass is 360 g/mol. The highest BCUT2D eigenvalue weighted by Gasteiger charge is 2.10. The van der Waals surface area contributed by atoms with Gasteiger partial charge in [-0.2, -0.15) is 0 Å². The highest BCUT2D eigenvalue weighted by Crippen LogP contribution is 2.26. The summed E-state index contributed by atoms with van der Waals surface area (Å²) in [5.74, 6) is -0.260. The number of halogens is 2. The third kappa shape index (κ3) is 3.06. The fourth-order valence-corrected chi connectivity index (χ4v) is 2.75. The molecule has 0 atom stereocenters. The summed E-state index contributed by atoms with van der Waals surface area (Å²) in [4.78, 5) is 16.6. The molecule has 0 spiro atoms. The van der Waals surface area contributed by atoms with E-state index >= 15 is 0 Å². The molecule has 0 fully saturated rings. The number of nitrogens with one attached hydrogen (secondary N) is 1. The van der Waals surface area contributed by atoms with Crippen molar-refractivity contribution < 1.29 is 4.79 Å². The fraction of sp³-hybridized carbons (Fsp3) is 0. The molecular weight excluding hydrogens is 352 g/mol. The Hall–Kier alpha value is -1.91. The van der Waals surface area contributed by atoms with Crippen LogP contribution in [0.1, 0.15) is 10.5 Å². The summed E-state index contributed by atoms with van der Waals surface area (Å²) in [6.45, 7) is 0. The maximum absolute atomic E-state index is 12.3. The van der Waals surface area contributed by atoms with Crippen molar-refractivity contribution in [3.63, 3.8) is 0 Å². The number of nitrogens with zero attached hydrogens (tertiary/aromatic N) is 1. The smallest absolute Gasteiger partial charge is 0.274 e. The van der Waals surface area contributed by atoms with Gasteiger partial charge in [0.1, 0.15) is 5.69 Å². The lowest BCUT2D eigenvalue weighted by Gasteiger charge is -2.08. The molecule has 0 aliphatic carbocycles. The molecule has 1 heterocycles. The first-order valence-electron chi connectivity index (χ1n) is 6.26. The molecule has 0 aliphatic heterocycles. The summed E-state index contributed by atoms with van der Waals surface area (Å²) in [6, 6.07) is 16.5. The Morgan fingerprint density at radius 2 is 1.90 bits per heavy atom. The van der Waals surface area contributed by atoms with Crippen molar-refractivity contribution in [1.82, 2.24) is 4.98 Å². The number of benzene rings is 2. The van der Waals surface area contributed by atoms with Gasteiger partial charge >= 0.3 is 0 Å². The molecule has 5 heteroatoms. The normalized spacial score (nSPS) is 10.6. The molecule has 1 aromatic heterocycles. The van der Waals surface area contributed by atoms with Crippen LogP contribution in [-0.2, 0) is 0 Å². The van der Waals surface area contributed by atoms with Crippen LogP contribution in [0, 0.1) is 0 Å². The van der Waals surface area contributed by atoms with E-state index in [2.05, 4.69) is 26.2 Å². The van der Waals surface area contributed by atoms with Crippen LogP contribution in [0.4, 0.5) is 5.69 Å². The molecule has 0 unspecified atom stereocenters. The molecule has 0 bridgehead atoms. The predicted molar refractivity (Wildman–Crippen MR) is 88.8 cm³/mol. The lowest BCUT2D eigenvalue weighted by molar-refractivity contribution is 0.102. The van der Waals surface area contributed by atoms with Crippen LogP contribution in [-0.4, -0.2) is 10.9 Å². The van der Waals surface area contributed by atoms with Crippen molar-refractivity contribution in [3.8, 4) is 0 Å². The molecule has 0 radical (unpaired) electrons. The fourth-order valence-electron chi connectivity index (χ4n) is 1.97. The average molecular weight is 362 g/mol. The van der Waals surface area contributed by atoms with Gasteiger partial charge in [0.15, 0.2) is 0 Å². The summed E-state index contributed by atoms with van der Waals surface area (Å²) < 4.78 is 0.726. The number of rotatable bonds is 2. The third-order valence-electron chi connectivity index (χ3n) is 3.01. The number of pyridine rings is 1. The van der Waals surface area contributed by atoms with E-state index in [-0.39, 0.29) is 5.91 Å². The van der Waals surface area contributed by atoms with Crippen molar-refractivity contribution in [1.29, 1.82) is 0 Å². The van der Waals surface area contributed by atoms with Crippen LogP contribution in [0.2, 0.25) is 5.02 Å². The summed E-state index contributed by atoms with van der Waals surface area (Å²) in [5, 5.41) is 4.41. The van der Waals surface area contributed by atoms with Gasteiger partial charge in [0.05, 0.1) is 11.2 Å². The van der Waals surface area contributed by atoms with Crippen molar-refractivity contribution in [2.75, 3.05) is 5.32 Å². The van der Waals surface area contributed by atoms with Gasteiger partial charge in [0.25, 0.3) is 5.91 Å². The molecule has 1 amide bonds. The molecule has 104 valence electrons. The summed E-state index contributed by atoms with van der Waals surface area (Å²) in [5.41, 5.74) is 1.82. The van der Waals surface area contributed by atoms with Crippen LogP contribution in [0.5, 0.6) is 0 Å². The topological polar surface area (TPSA) is 42.0 Å². The average Bonchev–Trinajstić information content (AvgIpc) is 2.49. The maximum Gasteiger partial charge on any atom is 0.274 e. The van der Waals surface area contributed by atoms with Gasteiger partial charge in [-0.25, -0.2) is 4.98 Å². The number of hydrogen-bond acceptors (Lipinski definition) is 2. The molecule has 0 aliphatic rings. The van der Waals surface area contributed by atoms with Crippen LogP contribution in [0.15, 0.2) is 59.1 Å². The number of carbonyl (C=O) groups excluding carboxylic acids is 1. The van der Waals surface area contributed by atoms with Crippen molar-refractivity contribution in [3.05, 3.63) is 69.8 Å². The van der Waals surface area contributed by atoms with Crippen LogP contribution >= 0.6 is 27.5 Å². The first-order valence-corrected chi connectivity index (χ1v) is 7.43. The Kier molecular flexibility index (Phi) is 3.90.